The number of hydrogen-bond donors (Lipinski definition) is 1. The normalized spacial score (nSPS) is 20.9. The van der Waals surface area contributed by atoms with Crippen LogP contribution >= 0.6 is 23.2 Å². The second-order valence-electron chi connectivity index (χ2n) is 5.06. The van der Waals surface area contributed by atoms with Crippen molar-refractivity contribution in [2.45, 2.75) is 31.2 Å². The van der Waals surface area contributed by atoms with E-state index in [0.717, 1.165) is 23.3 Å². The minimum atomic E-state index is -0.212. The molecule has 106 valence electrons. The summed E-state index contributed by atoms with van der Waals surface area (Å²) in [6.45, 7) is 2.50. The lowest BCUT2D eigenvalue weighted by Crippen LogP contribution is -2.36. The minimum Gasteiger partial charge on any atom is -0.354 e. The van der Waals surface area contributed by atoms with Gasteiger partial charge in [0.1, 0.15) is 11.3 Å². The van der Waals surface area contributed by atoms with Crippen LogP contribution in [0.1, 0.15) is 37.0 Å². The topological polar surface area (TPSA) is 46.9 Å². The Bertz CT molecular complexity index is 656. The highest BCUT2D eigenvalue weighted by Gasteiger charge is 2.26. The van der Waals surface area contributed by atoms with Gasteiger partial charge in [0.25, 0.3) is 0 Å². The minimum absolute atomic E-state index is 0.101. The van der Waals surface area contributed by atoms with Gasteiger partial charge in [0.05, 0.1) is 22.0 Å². The zero-order chi connectivity index (χ0) is 14.3. The maximum absolute atomic E-state index is 11.3. The molecular weight excluding hydrogens is 297 g/mol. The van der Waals surface area contributed by atoms with E-state index < -0.39 is 0 Å². The average molecular weight is 312 g/mol. The molecule has 3 rings (SSSR count). The molecule has 2 heterocycles. The van der Waals surface area contributed by atoms with Crippen molar-refractivity contribution in [2.24, 2.45) is 0 Å². The number of rotatable bonds is 2. The Morgan fingerprint density at radius 3 is 2.95 bits per heavy atom. The molecule has 6 heteroatoms. The monoisotopic (exact) mass is 311 g/mol. The predicted octanol–water partition coefficient (Wildman–Crippen LogP) is 3.44. The first kappa shape index (κ1) is 13.7. The maximum Gasteiger partial charge on any atom is 0.220 e. The van der Waals surface area contributed by atoms with Crippen LogP contribution in [0.5, 0.6) is 0 Å². The number of nitrogens with zero attached hydrogens (tertiary/aromatic N) is 2. The van der Waals surface area contributed by atoms with Crippen molar-refractivity contribution >= 4 is 40.1 Å². The van der Waals surface area contributed by atoms with E-state index in [0.29, 0.717) is 18.0 Å². The molecule has 1 aromatic heterocycles. The van der Waals surface area contributed by atoms with Crippen molar-refractivity contribution in [1.82, 2.24) is 14.9 Å². The van der Waals surface area contributed by atoms with E-state index in [-0.39, 0.29) is 17.3 Å². The van der Waals surface area contributed by atoms with E-state index in [1.54, 1.807) is 0 Å². The Balaban J connectivity index is 2.14. The lowest BCUT2D eigenvalue weighted by molar-refractivity contribution is -0.122. The molecule has 1 N–H and O–H groups in total. The Morgan fingerprint density at radius 1 is 1.50 bits per heavy atom. The van der Waals surface area contributed by atoms with Crippen LogP contribution < -0.4 is 5.32 Å². The first-order valence-electron chi connectivity index (χ1n) is 6.65. The number of benzene rings is 1. The number of hydrogen-bond acceptors (Lipinski definition) is 2. The van der Waals surface area contributed by atoms with E-state index in [2.05, 4.69) is 14.9 Å². The fraction of sp³-hybridized carbons (Fsp3) is 0.429. The zero-order valence-corrected chi connectivity index (χ0v) is 12.6. The Labute approximate surface area is 127 Å². The molecule has 2 unspecified atom stereocenters. The van der Waals surface area contributed by atoms with Gasteiger partial charge in [0.15, 0.2) is 0 Å². The number of alkyl halides is 1. The van der Waals surface area contributed by atoms with E-state index >= 15 is 0 Å². The molecule has 0 saturated carbocycles. The molecule has 2 atom stereocenters. The molecule has 0 spiro atoms. The van der Waals surface area contributed by atoms with Crippen LogP contribution in [0.25, 0.3) is 11.0 Å². The van der Waals surface area contributed by atoms with Crippen molar-refractivity contribution in [3.8, 4) is 0 Å². The van der Waals surface area contributed by atoms with E-state index in [1.165, 1.54) is 0 Å². The number of piperidine rings is 1. The van der Waals surface area contributed by atoms with Gasteiger partial charge in [-0.25, -0.2) is 4.98 Å². The molecule has 0 bridgehead atoms. The molecule has 1 amide bonds. The zero-order valence-electron chi connectivity index (χ0n) is 11.1. The molecule has 1 fully saturated rings. The molecule has 0 radical (unpaired) electrons. The third-order valence-corrected chi connectivity index (χ3v) is 4.16. The van der Waals surface area contributed by atoms with E-state index in [9.17, 15) is 4.79 Å². The van der Waals surface area contributed by atoms with Crippen LogP contribution in [-0.2, 0) is 4.79 Å². The third kappa shape index (κ3) is 2.27. The number of amides is 1. The molecule has 1 saturated heterocycles. The Hall–Kier alpha value is -1.26. The van der Waals surface area contributed by atoms with Crippen molar-refractivity contribution in [1.29, 1.82) is 0 Å². The van der Waals surface area contributed by atoms with Gasteiger partial charge in [0.2, 0.25) is 5.91 Å². The number of carbonyl (C=O) groups excluding carboxylic acids is 1. The Morgan fingerprint density at radius 2 is 2.30 bits per heavy atom. The summed E-state index contributed by atoms with van der Waals surface area (Å²) in [5.41, 5.74) is 1.75. The summed E-state index contributed by atoms with van der Waals surface area (Å²) < 4.78 is 2.12. The molecule has 1 aliphatic heterocycles. The number of halogens is 2. The van der Waals surface area contributed by atoms with Crippen LogP contribution in [0.3, 0.4) is 0 Å². The highest BCUT2D eigenvalue weighted by Crippen LogP contribution is 2.33. The standard InChI is InChI=1S/C14H15Cl2N3O/c1-8(15)14-18-13-10(16)3-2-4-11(13)19(14)9-5-6-12(20)17-7-9/h2-4,8-9H,5-7H2,1H3,(H,17,20). The number of nitrogens with one attached hydrogen (secondary N) is 1. The summed E-state index contributed by atoms with van der Waals surface area (Å²) in [6.07, 6.45) is 1.32. The SMILES string of the molecule is CC(Cl)c1nc2c(Cl)cccc2n1C1CCC(=O)NC1. The number of imidazole rings is 1. The smallest absolute Gasteiger partial charge is 0.220 e. The first-order chi connectivity index (χ1) is 9.58. The molecule has 1 aromatic carbocycles. The van der Waals surface area contributed by atoms with Gasteiger partial charge in [-0.15, -0.1) is 11.6 Å². The first-order valence-corrected chi connectivity index (χ1v) is 7.46. The van der Waals surface area contributed by atoms with Crippen molar-refractivity contribution in [3.05, 3.63) is 29.0 Å². The van der Waals surface area contributed by atoms with E-state index in [1.807, 2.05) is 25.1 Å². The third-order valence-electron chi connectivity index (χ3n) is 3.66. The molecular formula is C14H15Cl2N3O. The number of fused-ring (bicyclic) bond motifs is 1. The molecule has 20 heavy (non-hydrogen) atoms. The Kier molecular flexibility index (Phi) is 3.61. The highest BCUT2D eigenvalue weighted by molar-refractivity contribution is 6.35. The largest absolute Gasteiger partial charge is 0.354 e. The fourth-order valence-electron chi connectivity index (χ4n) is 2.71. The van der Waals surface area contributed by atoms with Gasteiger partial charge in [-0.1, -0.05) is 17.7 Å². The van der Waals surface area contributed by atoms with Crippen LogP contribution in [0.4, 0.5) is 0 Å². The van der Waals surface area contributed by atoms with Gasteiger partial charge >= 0.3 is 0 Å². The summed E-state index contributed by atoms with van der Waals surface area (Å²) in [6, 6.07) is 5.90. The fourth-order valence-corrected chi connectivity index (χ4v) is 3.07. The second-order valence-corrected chi connectivity index (χ2v) is 6.12. The summed E-state index contributed by atoms with van der Waals surface area (Å²) in [5.74, 6) is 0.903. The molecule has 1 aliphatic rings. The number of para-hydroxylation sites is 1. The van der Waals surface area contributed by atoms with Crippen LogP contribution in [0, 0.1) is 0 Å². The predicted molar refractivity (Wildman–Crippen MR) is 80.3 cm³/mol. The molecule has 4 nitrogen and oxygen atoms in total. The number of aromatic nitrogens is 2. The van der Waals surface area contributed by atoms with Gasteiger partial charge in [-0.05, 0) is 25.5 Å². The highest BCUT2D eigenvalue weighted by atomic mass is 35.5. The molecule has 0 aliphatic carbocycles. The van der Waals surface area contributed by atoms with Gasteiger partial charge in [-0.3, -0.25) is 4.79 Å². The summed E-state index contributed by atoms with van der Waals surface area (Å²) in [7, 11) is 0. The average Bonchev–Trinajstić information content (AvgIpc) is 2.81. The van der Waals surface area contributed by atoms with Crippen LogP contribution in [-0.4, -0.2) is 22.0 Å². The van der Waals surface area contributed by atoms with Gasteiger partial charge in [0, 0.05) is 13.0 Å². The van der Waals surface area contributed by atoms with Crippen molar-refractivity contribution in [3.63, 3.8) is 0 Å². The van der Waals surface area contributed by atoms with Crippen molar-refractivity contribution < 1.29 is 4.79 Å². The summed E-state index contributed by atoms with van der Waals surface area (Å²) in [4.78, 5) is 15.9. The quantitative estimate of drug-likeness (QED) is 0.864. The second kappa shape index (κ2) is 5.26. The van der Waals surface area contributed by atoms with E-state index in [4.69, 9.17) is 23.2 Å². The lowest BCUT2D eigenvalue weighted by Gasteiger charge is -2.26. The number of carbonyl (C=O) groups is 1. The summed E-state index contributed by atoms with van der Waals surface area (Å²) >= 11 is 12.5. The van der Waals surface area contributed by atoms with Gasteiger partial charge < -0.3 is 9.88 Å². The van der Waals surface area contributed by atoms with Gasteiger partial charge in [-0.2, -0.15) is 0 Å². The van der Waals surface area contributed by atoms with Crippen LogP contribution in [0.2, 0.25) is 5.02 Å². The summed E-state index contributed by atoms with van der Waals surface area (Å²) in [5, 5.41) is 3.31. The van der Waals surface area contributed by atoms with Crippen molar-refractivity contribution in [2.75, 3.05) is 6.54 Å². The lowest BCUT2D eigenvalue weighted by atomic mass is 10.1. The van der Waals surface area contributed by atoms with Crippen LogP contribution in [0.15, 0.2) is 18.2 Å². The molecule has 2 aromatic rings. The maximum atomic E-state index is 11.3.